The van der Waals surface area contributed by atoms with Crippen molar-refractivity contribution >= 4 is 33.4 Å². The number of nitrogens with zero attached hydrogens (tertiary/aromatic N) is 1. The van der Waals surface area contributed by atoms with Crippen LogP contribution >= 0.6 is 11.8 Å². The summed E-state index contributed by atoms with van der Waals surface area (Å²) in [5.74, 6) is -0.151. The van der Waals surface area contributed by atoms with E-state index in [9.17, 15) is 13.2 Å². The Morgan fingerprint density at radius 2 is 1.76 bits per heavy atom. The number of nitrogens with one attached hydrogen (secondary N) is 2. The van der Waals surface area contributed by atoms with Gasteiger partial charge in [0.15, 0.2) is 0 Å². The summed E-state index contributed by atoms with van der Waals surface area (Å²) in [5, 5.41) is 3.47. The zero-order valence-corrected chi connectivity index (χ0v) is 17.7. The van der Waals surface area contributed by atoms with E-state index in [1.54, 1.807) is 55.5 Å². The van der Waals surface area contributed by atoms with Crippen molar-refractivity contribution < 1.29 is 13.2 Å². The number of hydrogen-bond donors (Lipinski definition) is 2. The average molecular weight is 428 g/mol. The number of pyridine rings is 1. The first kappa shape index (κ1) is 20.9. The molecule has 0 radical (unpaired) electrons. The second-order valence-corrected chi connectivity index (χ2v) is 8.99. The van der Waals surface area contributed by atoms with Crippen molar-refractivity contribution in [3.8, 4) is 0 Å². The molecule has 29 heavy (non-hydrogen) atoms. The Balaban J connectivity index is 1.67. The average Bonchev–Trinajstić information content (AvgIpc) is 2.70. The van der Waals surface area contributed by atoms with Crippen LogP contribution in [0.15, 0.2) is 81.7 Å². The van der Waals surface area contributed by atoms with Gasteiger partial charge in [0, 0.05) is 23.3 Å². The maximum Gasteiger partial charge on any atom is 0.262 e. The van der Waals surface area contributed by atoms with Crippen LogP contribution in [0.1, 0.15) is 22.8 Å². The van der Waals surface area contributed by atoms with E-state index in [4.69, 9.17) is 0 Å². The molecule has 0 saturated heterocycles. The zero-order chi connectivity index (χ0) is 20.9. The van der Waals surface area contributed by atoms with E-state index in [2.05, 4.69) is 15.0 Å². The minimum Gasteiger partial charge on any atom is -0.352 e. The van der Waals surface area contributed by atoms with E-state index < -0.39 is 10.0 Å². The number of aromatic nitrogens is 1. The highest BCUT2D eigenvalue weighted by Crippen LogP contribution is 2.28. The fraction of sp³-hybridized carbons (Fsp3) is 0.143. The van der Waals surface area contributed by atoms with Gasteiger partial charge in [-0.05, 0) is 61.9 Å². The molecule has 2 aromatic carbocycles. The van der Waals surface area contributed by atoms with Crippen molar-refractivity contribution in [3.05, 3.63) is 78.0 Å². The monoisotopic (exact) mass is 427 g/mol. The molecule has 0 bridgehead atoms. The number of benzene rings is 2. The van der Waals surface area contributed by atoms with E-state index in [1.165, 1.54) is 18.0 Å². The number of amides is 1. The van der Waals surface area contributed by atoms with Crippen molar-refractivity contribution in [2.24, 2.45) is 0 Å². The third kappa shape index (κ3) is 5.36. The molecule has 1 heterocycles. The highest BCUT2D eigenvalue weighted by molar-refractivity contribution is 7.99. The molecule has 0 spiro atoms. The first-order chi connectivity index (χ1) is 13.9. The Kier molecular flexibility index (Phi) is 6.56. The van der Waals surface area contributed by atoms with E-state index in [-0.39, 0.29) is 10.8 Å². The minimum absolute atomic E-state index is 0.151. The molecule has 2 N–H and O–H groups in total. The predicted octanol–water partition coefficient (Wildman–Crippen LogP) is 4.09. The van der Waals surface area contributed by atoms with Gasteiger partial charge in [-0.1, -0.05) is 30.0 Å². The minimum atomic E-state index is -3.64. The van der Waals surface area contributed by atoms with Crippen molar-refractivity contribution in [1.29, 1.82) is 0 Å². The second kappa shape index (κ2) is 9.11. The van der Waals surface area contributed by atoms with Gasteiger partial charge < -0.3 is 5.32 Å². The van der Waals surface area contributed by atoms with Crippen LogP contribution in [0, 0.1) is 6.92 Å². The van der Waals surface area contributed by atoms with Crippen LogP contribution in [0.5, 0.6) is 0 Å². The van der Waals surface area contributed by atoms with Gasteiger partial charge in [-0.3, -0.25) is 9.52 Å². The van der Waals surface area contributed by atoms with Crippen molar-refractivity contribution in [1.82, 2.24) is 10.3 Å². The van der Waals surface area contributed by atoms with Gasteiger partial charge in [0.2, 0.25) is 0 Å². The zero-order valence-electron chi connectivity index (χ0n) is 16.0. The molecule has 1 aromatic heterocycles. The normalized spacial score (nSPS) is 11.1. The lowest BCUT2D eigenvalue weighted by Gasteiger charge is -2.10. The molecule has 0 aliphatic heterocycles. The fourth-order valence-corrected chi connectivity index (χ4v) is 4.68. The third-order valence-electron chi connectivity index (χ3n) is 4.05. The molecule has 3 aromatic rings. The molecule has 8 heteroatoms. The van der Waals surface area contributed by atoms with Crippen molar-refractivity contribution in [2.45, 2.75) is 28.7 Å². The molecule has 0 fully saturated rings. The van der Waals surface area contributed by atoms with Crippen LogP contribution in [0.4, 0.5) is 5.69 Å². The maximum atomic E-state index is 12.6. The lowest BCUT2D eigenvalue weighted by Crippen LogP contribution is -2.22. The number of aryl methyl sites for hydroxylation is 1. The van der Waals surface area contributed by atoms with Gasteiger partial charge >= 0.3 is 0 Å². The number of anilines is 1. The molecule has 0 saturated carbocycles. The Bertz CT molecular complexity index is 1100. The molecule has 150 valence electrons. The molecule has 1 amide bonds. The summed E-state index contributed by atoms with van der Waals surface area (Å²) in [4.78, 5) is 17.2. The van der Waals surface area contributed by atoms with Crippen LogP contribution in [0.3, 0.4) is 0 Å². The van der Waals surface area contributed by atoms with Crippen LogP contribution in [0.25, 0.3) is 0 Å². The van der Waals surface area contributed by atoms with E-state index in [0.29, 0.717) is 23.4 Å². The number of sulfonamides is 1. The van der Waals surface area contributed by atoms with Gasteiger partial charge in [-0.2, -0.15) is 0 Å². The van der Waals surface area contributed by atoms with Crippen molar-refractivity contribution in [2.75, 3.05) is 11.3 Å². The molecule has 0 aliphatic rings. The van der Waals surface area contributed by atoms with Crippen LogP contribution in [0.2, 0.25) is 0 Å². The number of carbonyl (C=O) groups excluding carboxylic acids is 1. The first-order valence-electron chi connectivity index (χ1n) is 8.99. The number of rotatable bonds is 7. The number of hydrogen-bond acceptors (Lipinski definition) is 5. The van der Waals surface area contributed by atoms with Gasteiger partial charge in [0.25, 0.3) is 15.9 Å². The van der Waals surface area contributed by atoms with E-state index in [0.717, 1.165) is 9.92 Å². The van der Waals surface area contributed by atoms with Gasteiger partial charge in [-0.25, -0.2) is 13.4 Å². The van der Waals surface area contributed by atoms with Crippen molar-refractivity contribution in [3.63, 3.8) is 0 Å². The van der Waals surface area contributed by atoms with Crippen LogP contribution in [-0.4, -0.2) is 25.9 Å². The quantitative estimate of drug-likeness (QED) is 0.593. The van der Waals surface area contributed by atoms with Crippen LogP contribution in [-0.2, 0) is 10.0 Å². The summed E-state index contributed by atoms with van der Waals surface area (Å²) in [6, 6.07) is 17.4. The molecule has 3 rings (SSSR count). The lowest BCUT2D eigenvalue weighted by atomic mass is 10.2. The molecule has 0 aliphatic carbocycles. The predicted molar refractivity (Wildman–Crippen MR) is 115 cm³/mol. The van der Waals surface area contributed by atoms with Gasteiger partial charge in [0.1, 0.15) is 5.03 Å². The van der Waals surface area contributed by atoms with Crippen LogP contribution < -0.4 is 10.0 Å². The maximum absolute atomic E-state index is 12.6. The van der Waals surface area contributed by atoms with Gasteiger partial charge in [-0.15, -0.1) is 0 Å². The molecular formula is C21H21N3O3S2. The second-order valence-electron chi connectivity index (χ2n) is 6.24. The smallest absolute Gasteiger partial charge is 0.262 e. The molecular weight excluding hydrogens is 406 g/mol. The molecule has 0 atom stereocenters. The Hall–Kier alpha value is -2.84. The fourth-order valence-electron chi connectivity index (χ4n) is 2.62. The van der Waals surface area contributed by atoms with E-state index in [1.807, 2.05) is 19.1 Å². The summed E-state index contributed by atoms with van der Waals surface area (Å²) < 4.78 is 27.7. The first-order valence-corrected chi connectivity index (χ1v) is 11.3. The molecule has 0 unspecified atom stereocenters. The molecule has 6 nitrogen and oxygen atoms in total. The standard InChI is InChI=1S/C21H21N3O3S2/c1-3-22-21(25)16-8-13-20(23-14-16)28-18-11-9-17(10-12-18)24-29(26,27)19-7-5-4-6-15(19)2/h4-14,24H,3H2,1-2H3,(H,22,25). The topological polar surface area (TPSA) is 88.2 Å². The van der Waals surface area contributed by atoms with E-state index >= 15 is 0 Å². The summed E-state index contributed by atoms with van der Waals surface area (Å²) in [5.41, 5.74) is 1.68. The summed E-state index contributed by atoms with van der Waals surface area (Å²) >= 11 is 1.43. The third-order valence-corrected chi connectivity index (χ3v) is 6.55. The Morgan fingerprint density at radius 1 is 1.03 bits per heavy atom. The number of carbonyl (C=O) groups is 1. The Morgan fingerprint density at radius 3 is 2.38 bits per heavy atom. The Labute approximate surface area is 174 Å². The summed E-state index contributed by atoms with van der Waals surface area (Å²) in [6.45, 7) is 4.19. The summed E-state index contributed by atoms with van der Waals surface area (Å²) in [6.07, 6.45) is 1.54. The highest BCUT2D eigenvalue weighted by Gasteiger charge is 2.16. The summed E-state index contributed by atoms with van der Waals surface area (Å²) in [7, 11) is -3.64. The highest BCUT2D eigenvalue weighted by atomic mass is 32.2. The SMILES string of the molecule is CCNC(=O)c1ccc(Sc2ccc(NS(=O)(=O)c3ccccc3C)cc2)nc1. The largest absolute Gasteiger partial charge is 0.352 e. The van der Waals surface area contributed by atoms with Gasteiger partial charge in [0.05, 0.1) is 10.5 Å². The lowest BCUT2D eigenvalue weighted by molar-refractivity contribution is 0.0955.